The van der Waals surface area contributed by atoms with Crippen molar-refractivity contribution in [1.82, 2.24) is 5.32 Å². The second-order valence-corrected chi connectivity index (χ2v) is 6.98. The average molecular weight is 288 g/mol. The topological polar surface area (TPSA) is 102 Å². The number of aliphatic carboxylic acids is 1. The Bertz CT molecular complexity index is 355. The first-order valence-corrected chi connectivity index (χ1v) is 6.80. The fraction of sp³-hybridized carbons (Fsp3) is 0.857. The number of alkyl carbamates (subject to hydrolysis) is 1. The van der Waals surface area contributed by atoms with Crippen LogP contribution in [0.15, 0.2) is 0 Å². The lowest BCUT2D eigenvalue weighted by atomic mass is 9.71. The van der Waals surface area contributed by atoms with Gasteiger partial charge >= 0.3 is 12.1 Å². The van der Waals surface area contributed by atoms with Gasteiger partial charge in [0.15, 0.2) is 0 Å². The third-order valence-corrected chi connectivity index (χ3v) is 3.12. The second kappa shape index (κ2) is 6.43. The molecule has 118 valence electrons. The number of amides is 1. The molecule has 0 aliphatic rings. The third kappa shape index (κ3) is 5.00. The van der Waals surface area contributed by atoms with Crippen molar-refractivity contribution in [2.24, 2.45) is 11.1 Å². The zero-order chi connectivity index (χ0) is 16.2. The standard InChI is InChI=1S/C14H28N2O4/c1-12(2,3)14(10(17)18,8-7-9-15)16-11(19)20-13(4,5)6/h7-9,15H2,1-6H3,(H,16,19)(H,17,18). The van der Waals surface area contributed by atoms with E-state index in [2.05, 4.69) is 5.32 Å². The largest absolute Gasteiger partial charge is 0.479 e. The van der Waals surface area contributed by atoms with E-state index in [1.807, 2.05) is 0 Å². The summed E-state index contributed by atoms with van der Waals surface area (Å²) in [5, 5.41) is 12.2. The first-order chi connectivity index (χ1) is 8.85. The molecule has 6 nitrogen and oxygen atoms in total. The minimum atomic E-state index is -1.41. The lowest BCUT2D eigenvalue weighted by Crippen LogP contribution is -2.63. The van der Waals surface area contributed by atoms with Crippen LogP contribution in [0.2, 0.25) is 0 Å². The first kappa shape index (κ1) is 18.7. The number of rotatable bonds is 5. The summed E-state index contributed by atoms with van der Waals surface area (Å²) in [6.45, 7) is 10.9. The van der Waals surface area contributed by atoms with Crippen LogP contribution in [0, 0.1) is 5.41 Å². The van der Waals surface area contributed by atoms with Gasteiger partial charge in [-0.25, -0.2) is 9.59 Å². The first-order valence-electron chi connectivity index (χ1n) is 6.80. The van der Waals surface area contributed by atoms with E-state index in [-0.39, 0.29) is 6.42 Å². The van der Waals surface area contributed by atoms with Crippen molar-refractivity contribution in [3.63, 3.8) is 0 Å². The predicted octanol–water partition coefficient (Wildman–Crippen LogP) is 2.12. The van der Waals surface area contributed by atoms with Crippen LogP contribution in [-0.4, -0.2) is 34.9 Å². The van der Waals surface area contributed by atoms with E-state index < -0.39 is 28.6 Å². The third-order valence-electron chi connectivity index (χ3n) is 3.12. The van der Waals surface area contributed by atoms with E-state index in [9.17, 15) is 14.7 Å². The van der Waals surface area contributed by atoms with Crippen molar-refractivity contribution in [2.75, 3.05) is 6.54 Å². The molecular weight excluding hydrogens is 260 g/mol. The molecule has 6 heteroatoms. The van der Waals surface area contributed by atoms with Crippen molar-refractivity contribution in [3.8, 4) is 0 Å². The molecule has 0 saturated heterocycles. The summed E-state index contributed by atoms with van der Waals surface area (Å²) >= 11 is 0. The fourth-order valence-corrected chi connectivity index (χ4v) is 1.95. The highest BCUT2D eigenvalue weighted by atomic mass is 16.6. The maximum atomic E-state index is 12.0. The molecule has 0 rings (SSSR count). The number of nitrogens with two attached hydrogens (primary N) is 1. The molecule has 0 aromatic carbocycles. The van der Waals surface area contributed by atoms with E-state index in [1.54, 1.807) is 41.5 Å². The molecule has 0 aliphatic carbocycles. The molecule has 0 spiro atoms. The number of hydrogen-bond donors (Lipinski definition) is 3. The summed E-state index contributed by atoms with van der Waals surface area (Å²) in [4.78, 5) is 23.7. The van der Waals surface area contributed by atoms with E-state index in [0.29, 0.717) is 13.0 Å². The molecule has 0 aromatic rings. The summed E-state index contributed by atoms with van der Waals surface area (Å²) in [6.07, 6.45) is 0.0212. The molecule has 0 saturated carbocycles. The number of carboxylic acids is 1. The number of carbonyl (C=O) groups is 2. The monoisotopic (exact) mass is 288 g/mol. The lowest BCUT2D eigenvalue weighted by molar-refractivity contribution is -0.150. The van der Waals surface area contributed by atoms with Crippen molar-refractivity contribution in [3.05, 3.63) is 0 Å². The molecule has 1 amide bonds. The Morgan fingerprint density at radius 3 is 1.95 bits per heavy atom. The number of nitrogens with one attached hydrogen (secondary N) is 1. The van der Waals surface area contributed by atoms with Gasteiger partial charge < -0.3 is 20.9 Å². The Balaban J connectivity index is 5.31. The van der Waals surface area contributed by atoms with Gasteiger partial charge in [-0.05, 0) is 45.6 Å². The summed E-state index contributed by atoms with van der Waals surface area (Å²) in [6, 6.07) is 0. The number of ether oxygens (including phenoxy) is 1. The fourth-order valence-electron chi connectivity index (χ4n) is 1.95. The van der Waals surface area contributed by atoms with E-state index in [1.165, 1.54) is 0 Å². The molecule has 1 atom stereocenters. The van der Waals surface area contributed by atoms with E-state index in [4.69, 9.17) is 10.5 Å². The van der Waals surface area contributed by atoms with Crippen molar-refractivity contribution < 1.29 is 19.4 Å². The second-order valence-electron chi connectivity index (χ2n) is 6.98. The van der Waals surface area contributed by atoms with Crippen LogP contribution in [-0.2, 0) is 9.53 Å². The number of carboxylic acid groups (broad SMARTS) is 1. The smallest absolute Gasteiger partial charge is 0.408 e. The molecule has 0 bridgehead atoms. The van der Waals surface area contributed by atoms with Gasteiger partial charge in [-0.15, -0.1) is 0 Å². The minimum Gasteiger partial charge on any atom is -0.479 e. The van der Waals surface area contributed by atoms with Crippen LogP contribution >= 0.6 is 0 Å². The van der Waals surface area contributed by atoms with Crippen LogP contribution in [0.25, 0.3) is 0 Å². The van der Waals surface area contributed by atoms with E-state index in [0.717, 1.165) is 0 Å². The molecule has 1 unspecified atom stereocenters. The maximum Gasteiger partial charge on any atom is 0.408 e. The van der Waals surface area contributed by atoms with Crippen LogP contribution in [0.5, 0.6) is 0 Å². The highest BCUT2D eigenvalue weighted by Gasteiger charge is 2.50. The van der Waals surface area contributed by atoms with Gasteiger partial charge in [-0.3, -0.25) is 0 Å². The van der Waals surface area contributed by atoms with Crippen molar-refractivity contribution in [2.45, 2.75) is 65.5 Å². The zero-order valence-electron chi connectivity index (χ0n) is 13.4. The molecule has 20 heavy (non-hydrogen) atoms. The van der Waals surface area contributed by atoms with Crippen molar-refractivity contribution >= 4 is 12.1 Å². The average Bonchev–Trinajstić information content (AvgIpc) is 2.19. The van der Waals surface area contributed by atoms with Crippen LogP contribution in [0.1, 0.15) is 54.4 Å². The van der Waals surface area contributed by atoms with Gasteiger partial charge in [-0.2, -0.15) is 0 Å². The summed E-state index contributed by atoms with van der Waals surface area (Å²) in [5.74, 6) is -1.08. The quantitative estimate of drug-likeness (QED) is 0.719. The van der Waals surface area contributed by atoms with Gasteiger partial charge in [0.25, 0.3) is 0 Å². The Morgan fingerprint density at radius 1 is 1.15 bits per heavy atom. The van der Waals surface area contributed by atoms with Gasteiger partial charge in [0.1, 0.15) is 11.1 Å². The lowest BCUT2D eigenvalue weighted by Gasteiger charge is -2.42. The molecule has 0 fully saturated rings. The Labute approximate surface area is 121 Å². The highest BCUT2D eigenvalue weighted by Crippen LogP contribution is 2.35. The molecule has 0 aliphatic heterocycles. The zero-order valence-corrected chi connectivity index (χ0v) is 13.4. The van der Waals surface area contributed by atoms with Crippen LogP contribution < -0.4 is 11.1 Å². The van der Waals surface area contributed by atoms with Crippen molar-refractivity contribution in [1.29, 1.82) is 0 Å². The summed E-state index contributed by atoms with van der Waals surface area (Å²) in [7, 11) is 0. The Hall–Kier alpha value is -1.30. The molecular formula is C14H28N2O4. The molecule has 4 N–H and O–H groups in total. The maximum absolute atomic E-state index is 12.0. The minimum absolute atomic E-state index is 0.252. The SMILES string of the molecule is CC(C)(C)OC(=O)NC(CCCN)(C(=O)O)C(C)(C)C. The number of carbonyl (C=O) groups excluding carboxylic acids is 1. The van der Waals surface area contributed by atoms with Gasteiger partial charge in [-0.1, -0.05) is 20.8 Å². The van der Waals surface area contributed by atoms with Crippen LogP contribution in [0.3, 0.4) is 0 Å². The summed E-state index contributed by atoms with van der Waals surface area (Å²) < 4.78 is 5.17. The Kier molecular flexibility index (Phi) is 6.02. The Morgan fingerprint density at radius 2 is 1.65 bits per heavy atom. The van der Waals surface area contributed by atoms with E-state index >= 15 is 0 Å². The molecule has 0 aromatic heterocycles. The number of hydrogen-bond acceptors (Lipinski definition) is 4. The van der Waals surface area contributed by atoms with Gasteiger partial charge in [0.2, 0.25) is 0 Å². The highest BCUT2D eigenvalue weighted by molar-refractivity contribution is 5.85. The van der Waals surface area contributed by atoms with Gasteiger partial charge in [0, 0.05) is 0 Å². The van der Waals surface area contributed by atoms with Crippen LogP contribution in [0.4, 0.5) is 4.79 Å². The predicted molar refractivity (Wildman–Crippen MR) is 77.5 cm³/mol. The van der Waals surface area contributed by atoms with Gasteiger partial charge in [0.05, 0.1) is 0 Å². The molecule has 0 radical (unpaired) electrons. The molecule has 0 heterocycles. The normalized spacial score (nSPS) is 15.3. The summed E-state index contributed by atoms with van der Waals surface area (Å²) in [5.41, 5.74) is 2.71.